The Balaban J connectivity index is 1.50. The molecule has 2 saturated heterocycles. The Hall–Kier alpha value is -3.56. The fourth-order valence-electron chi connectivity index (χ4n) is 5.77. The highest BCUT2D eigenvalue weighted by molar-refractivity contribution is 6.46. The van der Waals surface area contributed by atoms with Crippen molar-refractivity contribution in [3.8, 4) is 17.2 Å². The second kappa shape index (κ2) is 13.0. The molecule has 2 atom stereocenters. The Morgan fingerprint density at radius 1 is 1.05 bits per heavy atom. The van der Waals surface area contributed by atoms with Crippen LogP contribution < -0.4 is 14.2 Å². The Kier molecular flexibility index (Phi) is 9.15. The highest BCUT2D eigenvalue weighted by atomic mass is 16.5. The molecule has 5 rings (SSSR count). The monoisotopic (exact) mass is 564 g/mol. The molecule has 9 nitrogen and oxygen atoms in total. The van der Waals surface area contributed by atoms with E-state index in [0.29, 0.717) is 61.8 Å². The largest absolute Gasteiger partial charge is 0.507 e. The van der Waals surface area contributed by atoms with Gasteiger partial charge in [0.2, 0.25) is 0 Å². The summed E-state index contributed by atoms with van der Waals surface area (Å²) in [5, 5.41) is 11.6. The summed E-state index contributed by atoms with van der Waals surface area (Å²) in [6.07, 6.45) is 3.37. The topological polar surface area (TPSA) is 97.8 Å². The first-order valence-electron chi connectivity index (χ1n) is 14.6. The summed E-state index contributed by atoms with van der Waals surface area (Å²) in [5.74, 6) is 0.402. The number of Topliss-reactive ketones (excluding diaryl/α,β-unsaturated/α-hetero) is 1. The van der Waals surface area contributed by atoms with Gasteiger partial charge in [0.15, 0.2) is 11.5 Å². The lowest BCUT2D eigenvalue weighted by Crippen LogP contribution is -2.39. The van der Waals surface area contributed by atoms with Crippen molar-refractivity contribution in [2.75, 3.05) is 53.1 Å². The van der Waals surface area contributed by atoms with Gasteiger partial charge in [0.1, 0.15) is 17.6 Å². The van der Waals surface area contributed by atoms with E-state index in [1.54, 1.807) is 24.1 Å². The molecule has 1 N–H and O–H groups in total. The molecule has 0 bridgehead atoms. The number of amides is 1. The number of carbonyl (C=O) groups is 2. The molecule has 1 amide bonds. The molecular weight excluding hydrogens is 524 g/mol. The van der Waals surface area contributed by atoms with E-state index in [4.69, 9.17) is 18.9 Å². The van der Waals surface area contributed by atoms with Gasteiger partial charge >= 0.3 is 0 Å². The van der Waals surface area contributed by atoms with Gasteiger partial charge in [-0.2, -0.15) is 0 Å². The number of likely N-dealkylation sites (tertiary alicyclic amines) is 1. The van der Waals surface area contributed by atoms with Crippen LogP contribution in [0, 0.1) is 0 Å². The summed E-state index contributed by atoms with van der Waals surface area (Å²) in [4.78, 5) is 30.9. The fourth-order valence-corrected chi connectivity index (χ4v) is 5.77. The first-order valence-corrected chi connectivity index (χ1v) is 14.6. The van der Waals surface area contributed by atoms with Crippen LogP contribution in [0.3, 0.4) is 0 Å². The molecule has 3 heterocycles. The fraction of sp³-hybridized carbons (Fsp3) is 0.500. The summed E-state index contributed by atoms with van der Waals surface area (Å²) >= 11 is 0. The lowest BCUT2D eigenvalue weighted by Gasteiger charge is -2.29. The quantitative estimate of drug-likeness (QED) is 0.186. The number of hydrogen-bond donors (Lipinski definition) is 1. The maximum atomic E-state index is 13.5. The van der Waals surface area contributed by atoms with E-state index in [-0.39, 0.29) is 17.4 Å². The molecule has 2 aromatic carbocycles. The number of rotatable bonds is 11. The van der Waals surface area contributed by atoms with E-state index in [2.05, 4.69) is 11.8 Å². The standard InChI is InChI=1S/C32H40N2O7/c1-4-5-15-40-26-10-7-22(20-27(26)38-3)29-28(30(35)23-8-9-25-24(19-23)18-21(2)41-25)31(36)32(37)34(29)12-6-11-33-13-16-39-17-14-33/h7-10,19-21,29,35H,4-6,11-18H2,1-3H3/b30-28-. The molecule has 3 aliphatic rings. The Labute approximate surface area is 241 Å². The number of benzene rings is 2. The summed E-state index contributed by atoms with van der Waals surface area (Å²) < 4.78 is 22.8. The van der Waals surface area contributed by atoms with Crippen LogP contribution in [0.15, 0.2) is 42.0 Å². The first-order chi connectivity index (χ1) is 19.9. The smallest absolute Gasteiger partial charge is 0.295 e. The van der Waals surface area contributed by atoms with Crippen molar-refractivity contribution in [3.63, 3.8) is 0 Å². The van der Waals surface area contributed by atoms with Crippen LogP contribution in [0.25, 0.3) is 5.76 Å². The van der Waals surface area contributed by atoms with Gasteiger partial charge in [0.25, 0.3) is 11.7 Å². The number of methoxy groups -OCH3 is 1. The number of fused-ring (bicyclic) bond motifs is 1. The van der Waals surface area contributed by atoms with Crippen molar-refractivity contribution in [1.29, 1.82) is 0 Å². The maximum Gasteiger partial charge on any atom is 0.295 e. The number of hydrogen-bond acceptors (Lipinski definition) is 8. The van der Waals surface area contributed by atoms with Crippen molar-refractivity contribution in [3.05, 3.63) is 58.7 Å². The number of ether oxygens (including phenoxy) is 4. The second-order valence-electron chi connectivity index (χ2n) is 10.9. The van der Waals surface area contributed by atoms with Crippen LogP contribution in [0.5, 0.6) is 17.2 Å². The molecule has 2 unspecified atom stereocenters. The minimum atomic E-state index is -0.762. The molecular formula is C32H40N2O7. The van der Waals surface area contributed by atoms with Gasteiger partial charge in [-0.25, -0.2) is 0 Å². The third kappa shape index (κ3) is 6.21. The lowest BCUT2D eigenvalue weighted by atomic mass is 9.94. The van der Waals surface area contributed by atoms with Crippen LogP contribution in [0.4, 0.5) is 0 Å². The summed E-state index contributed by atoms with van der Waals surface area (Å²) in [6.45, 7) is 8.90. The highest BCUT2D eigenvalue weighted by Crippen LogP contribution is 2.43. The van der Waals surface area contributed by atoms with Crippen LogP contribution >= 0.6 is 0 Å². The van der Waals surface area contributed by atoms with Crippen molar-refractivity contribution in [1.82, 2.24) is 9.80 Å². The van der Waals surface area contributed by atoms with E-state index >= 15 is 0 Å². The van der Waals surface area contributed by atoms with Gasteiger partial charge in [-0.15, -0.1) is 0 Å². The van der Waals surface area contributed by atoms with Crippen LogP contribution in [-0.4, -0.2) is 85.8 Å². The molecule has 41 heavy (non-hydrogen) atoms. The Morgan fingerprint density at radius 2 is 1.85 bits per heavy atom. The van der Waals surface area contributed by atoms with Crippen molar-refractivity contribution in [2.24, 2.45) is 0 Å². The molecule has 0 spiro atoms. The van der Waals surface area contributed by atoms with Crippen LogP contribution in [-0.2, 0) is 20.7 Å². The van der Waals surface area contributed by atoms with E-state index in [9.17, 15) is 14.7 Å². The number of ketones is 1. The van der Waals surface area contributed by atoms with Gasteiger partial charge in [-0.3, -0.25) is 14.5 Å². The lowest BCUT2D eigenvalue weighted by molar-refractivity contribution is -0.140. The van der Waals surface area contributed by atoms with E-state index in [1.165, 1.54) is 0 Å². The van der Waals surface area contributed by atoms with Crippen molar-refractivity contribution >= 4 is 17.4 Å². The Bertz CT molecular complexity index is 1300. The summed E-state index contributed by atoms with van der Waals surface area (Å²) in [6, 6.07) is 10.1. The molecule has 0 saturated carbocycles. The SMILES string of the molecule is CCCCOc1ccc(C2/C(=C(/O)c3ccc4c(c3)CC(C)O4)C(=O)C(=O)N2CCCN2CCOCC2)cc1OC. The highest BCUT2D eigenvalue weighted by Gasteiger charge is 2.46. The zero-order valence-electron chi connectivity index (χ0n) is 24.2. The first kappa shape index (κ1) is 29.0. The van der Waals surface area contributed by atoms with Gasteiger partial charge in [-0.1, -0.05) is 19.4 Å². The molecule has 3 aliphatic heterocycles. The predicted molar refractivity (Wildman–Crippen MR) is 155 cm³/mol. The van der Waals surface area contributed by atoms with E-state index < -0.39 is 17.7 Å². The molecule has 2 aromatic rings. The average molecular weight is 565 g/mol. The molecule has 9 heteroatoms. The normalized spacial score (nSPS) is 22.1. The van der Waals surface area contributed by atoms with Gasteiger partial charge in [-0.05, 0) is 61.2 Å². The third-order valence-corrected chi connectivity index (χ3v) is 7.95. The summed E-state index contributed by atoms with van der Waals surface area (Å²) in [7, 11) is 1.57. The van der Waals surface area contributed by atoms with Crippen LogP contribution in [0.1, 0.15) is 55.8 Å². The number of unbranched alkanes of at least 4 members (excludes halogenated alkanes) is 1. The average Bonchev–Trinajstić information content (AvgIpc) is 3.48. The Morgan fingerprint density at radius 3 is 2.61 bits per heavy atom. The molecule has 2 fully saturated rings. The molecule has 0 radical (unpaired) electrons. The van der Waals surface area contributed by atoms with Crippen molar-refractivity contribution < 1.29 is 33.6 Å². The second-order valence-corrected chi connectivity index (χ2v) is 10.9. The summed E-state index contributed by atoms with van der Waals surface area (Å²) in [5.41, 5.74) is 2.21. The number of aliphatic hydroxyl groups is 1. The van der Waals surface area contributed by atoms with E-state index in [0.717, 1.165) is 43.8 Å². The number of carbonyl (C=O) groups excluding carboxylic acids is 2. The van der Waals surface area contributed by atoms with Gasteiger partial charge in [0.05, 0.1) is 38.5 Å². The predicted octanol–water partition coefficient (Wildman–Crippen LogP) is 4.34. The molecule has 0 aromatic heterocycles. The van der Waals surface area contributed by atoms with Crippen molar-refractivity contribution in [2.45, 2.75) is 51.7 Å². The maximum absolute atomic E-state index is 13.5. The minimum absolute atomic E-state index is 0.0463. The third-order valence-electron chi connectivity index (χ3n) is 7.95. The number of aliphatic hydroxyl groups excluding tert-OH is 1. The van der Waals surface area contributed by atoms with Crippen LogP contribution in [0.2, 0.25) is 0 Å². The van der Waals surface area contributed by atoms with E-state index in [1.807, 2.05) is 31.2 Å². The van der Waals surface area contributed by atoms with Gasteiger partial charge in [0, 0.05) is 38.2 Å². The molecule has 220 valence electrons. The van der Waals surface area contributed by atoms with Gasteiger partial charge < -0.3 is 29.0 Å². The zero-order chi connectivity index (χ0) is 28.9. The minimum Gasteiger partial charge on any atom is -0.507 e. The number of morpholine rings is 1. The molecule has 0 aliphatic carbocycles. The zero-order valence-corrected chi connectivity index (χ0v) is 24.2. The number of nitrogens with zero attached hydrogens (tertiary/aromatic N) is 2.